The third-order valence-electron chi connectivity index (χ3n) is 4.78. The number of hydrogen-bond acceptors (Lipinski definition) is 6. The molecule has 1 saturated heterocycles. The number of carbonyl (C=O) groups excluding carboxylic acids is 5. The molecule has 4 amide bonds. The number of imide groups is 2. The fourth-order valence-corrected chi connectivity index (χ4v) is 3.38. The van der Waals surface area contributed by atoms with E-state index in [9.17, 15) is 24.0 Å². The predicted molar refractivity (Wildman–Crippen MR) is 78.6 cm³/mol. The van der Waals surface area contributed by atoms with Crippen LogP contribution >= 0.6 is 0 Å². The van der Waals surface area contributed by atoms with E-state index in [1.165, 1.54) is 0 Å². The van der Waals surface area contributed by atoms with Crippen LogP contribution in [-0.2, 0) is 28.8 Å². The van der Waals surface area contributed by atoms with E-state index < -0.39 is 35.0 Å². The molecule has 0 aromatic heterocycles. The SMILES string of the molecule is O=C1C=CC(=O)N1CC1(C(=O)ON2C(=O)CCC2=O)CCCCC1. The molecular weight excluding hydrogens is 316 g/mol. The minimum Gasteiger partial charge on any atom is -0.330 e. The van der Waals surface area contributed by atoms with Gasteiger partial charge in [0.25, 0.3) is 23.6 Å². The summed E-state index contributed by atoms with van der Waals surface area (Å²) in [5.74, 6) is -2.75. The Kier molecular flexibility index (Phi) is 4.21. The van der Waals surface area contributed by atoms with Crippen molar-refractivity contribution in [2.45, 2.75) is 44.9 Å². The maximum absolute atomic E-state index is 12.7. The smallest absolute Gasteiger partial charge is 0.330 e. The predicted octanol–water partition coefficient (Wildman–Crippen LogP) is 0.469. The van der Waals surface area contributed by atoms with Crippen molar-refractivity contribution in [1.82, 2.24) is 9.96 Å². The summed E-state index contributed by atoms with van der Waals surface area (Å²) < 4.78 is 0. The Bertz CT molecular complexity index is 613. The molecular formula is C16H18N2O6. The van der Waals surface area contributed by atoms with E-state index in [2.05, 4.69) is 0 Å². The monoisotopic (exact) mass is 334 g/mol. The lowest BCUT2D eigenvalue weighted by Gasteiger charge is -2.37. The zero-order chi connectivity index (χ0) is 17.3. The van der Waals surface area contributed by atoms with Crippen LogP contribution in [0.1, 0.15) is 44.9 Å². The van der Waals surface area contributed by atoms with Gasteiger partial charge in [-0.25, -0.2) is 4.79 Å². The van der Waals surface area contributed by atoms with Crippen molar-refractivity contribution in [2.24, 2.45) is 5.41 Å². The van der Waals surface area contributed by atoms with Crippen LogP contribution in [0.25, 0.3) is 0 Å². The lowest BCUT2D eigenvalue weighted by molar-refractivity contribution is -0.207. The van der Waals surface area contributed by atoms with E-state index >= 15 is 0 Å². The van der Waals surface area contributed by atoms with Gasteiger partial charge in [-0.1, -0.05) is 19.3 Å². The van der Waals surface area contributed by atoms with Gasteiger partial charge in [-0.15, -0.1) is 5.06 Å². The van der Waals surface area contributed by atoms with Gasteiger partial charge in [-0.2, -0.15) is 0 Å². The molecule has 8 nitrogen and oxygen atoms in total. The molecule has 8 heteroatoms. The van der Waals surface area contributed by atoms with Crippen molar-refractivity contribution in [3.05, 3.63) is 12.2 Å². The molecule has 0 radical (unpaired) electrons. The van der Waals surface area contributed by atoms with Crippen molar-refractivity contribution in [2.75, 3.05) is 6.54 Å². The average molecular weight is 334 g/mol. The molecule has 3 rings (SSSR count). The van der Waals surface area contributed by atoms with Crippen LogP contribution in [0.15, 0.2) is 12.2 Å². The largest absolute Gasteiger partial charge is 0.341 e. The number of carbonyl (C=O) groups is 5. The summed E-state index contributed by atoms with van der Waals surface area (Å²) in [6.45, 7) is -0.0906. The molecule has 1 aliphatic carbocycles. The summed E-state index contributed by atoms with van der Waals surface area (Å²) in [5, 5.41) is 0.518. The van der Waals surface area contributed by atoms with E-state index in [1.54, 1.807) is 0 Å². The van der Waals surface area contributed by atoms with E-state index in [1.807, 2.05) is 0 Å². The second kappa shape index (κ2) is 6.18. The Morgan fingerprint density at radius 2 is 1.50 bits per heavy atom. The Balaban J connectivity index is 1.79. The van der Waals surface area contributed by atoms with Gasteiger partial charge >= 0.3 is 5.97 Å². The minimum atomic E-state index is -1.07. The molecule has 0 N–H and O–H groups in total. The quantitative estimate of drug-likeness (QED) is 0.693. The molecule has 0 spiro atoms. The summed E-state index contributed by atoms with van der Waals surface area (Å²) in [6.07, 6.45) is 5.70. The molecule has 2 fully saturated rings. The highest BCUT2D eigenvalue weighted by molar-refractivity contribution is 6.13. The highest BCUT2D eigenvalue weighted by Gasteiger charge is 2.47. The number of hydrogen-bond donors (Lipinski definition) is 0. The zero-order valence-electron chi connectivity index (χ0n) is 13.2. The first-order chi connectivity index (χ1) is 11.4. The van der Waals surface area contributed by atoms with Gasteiger partial charge in [0.1, 0.15) is 0 Å². The third-order valence-corrected chi connectivity index (χ3v) is 4.78. The van der Waals surface area contributed by atoms with Crippen molar-refractivity contribution in [3.8, 4) is 0 Å². The standard InChI is InChI=1S/C16H18N2O6/c19-11-4-5-12(20)17(11)10-16(8-2-1-3-9-16)15(23)24-18-13(21)6-7-14(18)22/h4-5H,1-3,6-10H2. The van der Waals surface area contributed by atoms with E-state index in [-0.39, 0.29) is 19.4 Å². The summed E-state index contributed by atoms with van der Waals surface area (Å²) in [5.41, 5.74) is -1.07. The molecule has 128 valence electrons. The van der Waals surface area contributed by atoms with Crippen molar-refractivity contribution in [1.29, 1.82) is 0 Å². The fraction of sp³-hybridized carbons (Fsp3) is 0.562. The van der Waals surface area contributed by atoms with Gasteiger partial charge in [0.05, 0.1) is 5.41 Å². The van der Waals surface area contributed by atoms with Crippen LogP contribution in [-0.4, -0.2) is 46.1 Å². The average Bonchev–Trinajstić information content (AvgIpc) is 3.05. The summed E-state index contributed by atoms with van der Waals surface area (Å²) in [7, 11) is 0. The van der Waals surface area contributed by atoms with Gasteiger partial charge in [0.2, 0.25) is 0 Å². The maximum Gasteiger partial charge on any atom is 0.341 e. The normalized spacial score (nSPS) is 23.3. The van der Waals surface area contributed by atoms with E-state index in [0.29, 0.717) is 17.9 Å². The van der Waals surface area contributed by atoms with Crippen molar-refractivity contribution >= 4 is 29.6 Å². The summed E-state index contributed by atoms with van der Waals surface area (Å²) in [4.78, 5) is 65.8. The highest BCUT2D eigenvalue weighted by atomic mass is 16.7. The van der Waals surface area contributed by atoms with Gasteiger partial charge in [-0.05, 0) is 12.8 Å². The second-order valence-electron chi connectivity index (χ2n) is 6.40. The van der Waals surface area contributed by atoms with Crippen LogP contribution in [0.2, 0.25) is 0 Å². The van der Waals surface area contributed by atoms with Gasteiger partial charge in [0, 0.05) is 31.5 Å². The molecule has 2 aliphatic heterocycles. The Morgan fingerprint density at radius 1 is 0.958 bits per heavy atom. The van der Waals surface area contributed by atoms with Crippen LogP contribution in [0.3, 0.4) is 0 Å². The van der Waals surface area contributed by atoms with Crippen molar-refractivity contribution < 1.29 is 28.8 Å². The van der Waals surface area contributed by atoms with Gasteiger partial charge in [0.15, 0.2) is 0 Å². The number of rotatable bonds is 4. The first-order valence-corrected chi connectivity index (χ1v) is 8.05. The number of hydroxylamine groups is 2. The molecule has 0 bridgehead atoms. The summed E-state index contributed by atoms with van der Waals surface area (Å²) >= 11 is 0. The molecule has 24 heavy (non-hydrogen) atoms. The Labute approximate surface area is 138 Å². The van der Waals surface area contributed by atoms with E-state index in [4.69, 9.17) is 4.84 Å². The zero-order valence-corrected chi connectivity index (χ0v) is 13.2. The van der Waals surface area contributed by atoms with Gasteiger partial charge < -0.3 is 4.84 Å². The first-order valence-electron chi connectivity index (χ1n) is 8.05. The second-order valence-corrected chi connectivity index (χ2v) is 6.40. The maximum atomic E-state index is 12.7. The minimum absolute atomic E-state index is 0.0200. The fourth-order valence-electron chi connectivity index (χ4n) is 3.38. The molecule has 1 saturated carbocycles. The van der Waals surface area contributed by atoms with Gasteiger partial charge in [-0.3, -0.25) is 24.1 Å². The molecule has 2 heterocycles. The Hall–Kier alpha value is -2.51. The van der Waals surface area contributed by atoms with Crippen LogP contribution < -0.4 is 0 Å². The topological polar surface area (TPSA) is 101 Å². The summed E-state index contributed by atoms with van der Waals surface area (Å²) in [6, 6.07) is 0. The van der Waals surface area contributed by atoms with E-state index in [0.717, 1.165) is 36.3 Å². The van der Waals surface area contributed by atoms with Crippen molar-refractivity contribution in [3.63, 3.8) is 0 Å². The molecule has 0 aromatic carbocycles. The molecule has 0 atom stereocenters. The molecule has 3 aliphatic rings. The lowest BCUT2D eigenvalue weighted by Crippen LogP contribution is -2.49. The Morgan fingerprint density at radius 3 is 2.04 bits per heavy atom. The highest BCUT2D eigenvalue weighted by Crippen LogP contribution is 2.39. The number of amides is 4. The van der Waals surface area contributed by atoms with Crippen LogP contribution in [0.4, 0.5) is 0 Å². The van der Waals surface area contributed by atoms with Crippen LogP contribution in [0.5, 0.6) is 0 Å². The molecule has 0 unspecified atom stereocenters. The van der Waals surface area contributed by atoms with Crippen LogP contribution in [0, 0.1) is 5.41 Å². The lowest BCUT2D eigenvalue weighted by atomic mass is 9.73. The third kappa shape index (κ3) is 2.83. The first kappa shape index (κ1) is 16.4. The molecule has 0 aromatic rings. The number of nitrogens with zero attached hydrogens (tertiary/aromatic N) is 2.